The van der Waals surface area contributed by atoms with Crippen LogP contribution in [0.3, 0.4) is 0 Å². The molecule has 2 amide bonds. The number of benzene rings is 1. The number of aromatic nitrogens is 2. The Bertz CT molecular complexity index is 877. The van der Waals surface area contributed by atoms with Gasteiger partial charge in [-0.05, 0) is 31.5 Å². The molecule has 2 fully saturated rings. The van der Waals surface area contributed by atoms with Crippen molar-refractivity contribution in [3.63, 3.8) is 0 Å². The quantitative estimate of drug-likeness (QED) is 0.884. The Morgan fingerprint density at radius 2 is 2.00 bits per heavy atom. The third-order valence-electron chi connectivity index (χ3n) is 5.63. The lowest BCUT2D eigenvalue weighted by atomic mass is 9.91. The van der Waals surface area contributed by atoms with Crippen molar-refractivity contribution in [1.29, 1.82) is 0 Å². The number of ether oxygens (including phenoxy) is 1. The summed E-state index contributed by atoms with van der Waals surface area (Å²) in [6.07, 6.45) is 1.08. The first-order valence-corrected chi connectivity index (χ1v) is 9.24. The molecule has 7 heteroatoms. The fourth-order valence-corrected chi connectivity index (χ4v) is 4.14. The van der Waals surface area contributed by atoms with E-state index in [4.69, 9.17) is 4.74 Å². The second kappa shape index (κ2) is 6.40. The Kier molecular flexibility index (Phi) is 4.17. The van der Waals surface area contributed by atoms with Gasteiger partial charge in [0.25, 0.3) is 5.91 Å². The maximum absolute atomic E-state index is 13.0. The molecule has 0 atom stereocenters. The molecule has 3 heterocycles. The Labute approximate surface area is 158 Å². The van der Waals surface area contributed by atoms with Gasteiger partial charge in [-0.3, -0.25) is 9.89 Å². The third kappa shape index (κ3) is 3.07. The van der Waals surface area contributed by atoms with Crippen LogP contribution in [0.1, 0.15) is 34.6 Å². The average Bonchev–Trinajstić information content (AvgIpc) is 3.13. The van der Waals surface area contributed by atoms with Crippen LogP contribution in [0, 0.1) is 13.8 Å². The van der Waals surface area contributed by atoms with Crippen molar-refractivity contribution < 1.29 is 14.3 Å². The van der Waals surface area contributed by atoms with E-state index in [1.54, 1.807) is 11.9 Å². The van der Waals surface area contributed by atoms with Gasteiger partial charge in [-0.25, -0.2) is 4.79 Å². The number of likely N-dealkylation sites (tertiary alicyclic amines) is 1. The molecule has 4 rings (SSSR count). The first-order chi connectivity index (χ1) is 12.9. The number of H-pyrrole nitrogens is 1. The molecule has 0 saturated carbocycles. The number of piperidine rings is 1. The minimum Gasteiger partial charge on any atom is -0.441 e. The van der Waals surface area contributed by atoms with E-state index in [0.717, 1.165) is 22.5 Å². The highest BCUT2D eigenvalue weighted by molar-refractivity contribution is 5.95. The van der Waals surface area contributed by atoms with Crippen molar-refractivity contribution in [1.82, 2.24) is 20.0 Å². The molecule has 2 aliphatic rings. The van der Waals surface area contributed by atoms with E-state index < -0.39 is 5.60 Å². The summed E-state index contributed by atoms with van der Waals surface area (Å²) in [6, 6.07) is 7.69. The molecule has 1 aromatic heterocycles. The van der Waals surface area contributed by atoms with Crippen LogP contribution in [-0.4, -0.2) is 64.3 Å². The summed E-state index contributed by atoms with van der Waals surface area (Å²) >= 11 is 0. The summed E-state index contributed by atoms with van der Waals surface area (Å²) in [4.78, 5) is 28.2. The Morgan fingerprint density at radius 3 is 2.59 bits per heavy atom. The first kappa shape index (κ1) is 17.6. The molecule has 142 valence electrons. The summed E-state index contributed by atoms with van der Waals surface area (Å²) in [5.41, 5.74) is 4.18. The van der Waals surface area contributed by atoms with Crippen molar-refractivity contribution in [3.8, 4) is 11.1 Å². The summed E-state index contributed by atoms with van der Waals surface area (Å²) in [7, 11) is 1.75. The molecule has 0 bridgehead atoms. The minimum absolute atomic E-state index is 0.0168. The van der Waals surface area contributed by atoms with Crippen molar-refractivity contribution in [3.05, 3.63) is 41.2 Å². The van der Waals surface area contributed by atoms with Crippen molar-refractivity contribution >= 4 is 12.0 Å². The van der Waals surface area contributed by atoms with Crippen LogP contribution < -0.4 is 0 Å². The number of rotatable bonds is 2. The van der Waals surface area contributed by atoms with E-state index in [1.165, 1.54) is 0 Å². The number of aromatic amines is 1. The van der Waals surface area contributed by atoms with Gasteiger partial charge in [0.2, 0.25) is 0 Å². The summed E-state index contributed by atoms with van der Waals surface area (Å²) < 4.78 is 5.57. The summed E-state index contributed by atoms with van der Waals surface area (Å²) in [6.45, 7) is 5.72. The lowest BCUT2D eigenvalue weighted by molar-refractivity contribution is 0.00317. The zero-order valence-corrected chi connectivity index (χ0v) is 15.9. The lowest BCUT2D eigenvalue weighted by Gasteiger charge is -2.37. The molecular formula is C20H24N4O3. The Hall–Kier alpha value is -2.83. The molecule has 2 saturated heterocycles. The second-order valence-corrected chi connectivity index (χ2v) is 7.59. The van der Waals surface area contributed by atoms with Crippen molar-refractivity contribution in [2.45, 2.75) is 32.3 Å². The topological polar surface area (TPSA) is 78.5 Å². The predicted molar refractivity (Wildman–Crippen MR) is 100 cm³/mol. The molecule has 1 aromatic carbocycles. The van der Waals surface area contributed by atoms with E-state index in [2.05, 4.69) is 10.2 Å². The van der Waals surface area contributed by atoms with Crippen LogP contribution in [-0.2, 0) is 4.74 Å². The number of hydrogen-bond acceptors (Lipinski definition) is 4. The zero-order valence-electron chi connectivity index (χ0n) is 15.9. The number of carbonyl (C=O) groups excluding carboxylic acids is 2. The van der Waals surface area contributed by atoms with Crippen LogP contribution in [0.5, 0.6) is 0 Å². The van der Waals surface area contributed by atoms with Crippen LogP contribution in [0.2, 0.25) is 0 Å². The fourth-order valence-electron chi connectivity index (χ4n) is 4.14. The van der Waals surface area contributed by atoms with Crippen LogP contribution >= 0.6 is 0 Å². The normalized spacial score (nSPS) is 18.9. The number of amides is 2. The summed E-state index contributed by atoms with van der Waals surface area (Å²) in [5, 5.41) is 7.24. The zero-order chi connectivity index (χ0) is 19.2. The van der Waals surface area contributed by atoms with Gasteiger partial charge >= 0.3 is 6.09 Å². The second-order valence-electron chi connectivity index (χ2n) is 7.59. The van der Waals surface area contributed by atoms with E-state index in [9.17, 15) is 9.59 Å². The lowest BCUT2D eigenvalue weighted by Crippen LogP contribution is -2.48. The van der Waals surface area contributed by atoms with E-state index in [-0.39, 0.29) is 12.0 Å². The highest BCUT2D eigenvalue weighted by Gasteiger charge is 2.46. The van der Waals surface area contributed by atoms with Gasteiger partial charge in [-0.2, -0.15) is 5.10 Å². The molecule has 1 N–H and O–H groups in total. The number of hydrogen-bond donors (Lipinski definition) is 1. The largest absolute Gasteiger partial charge is 0.441 e. The highest BCUT2D eigenvalue weighted by atomic mass is 16.6. The van der Waals surface area contributed by atoms with Gasteiger partial charge in [-0.15, -0.1) is 0 Å². The smallest absolute Gasteiger partial charge is 0.410 e. The number of carbonyl (C=O) groups is 2. The maximum Gasteiger partial charge on any atom is 0.410 e. The first-order valence-electron chi connectivity index (χ1n) is 9.24. The fraction of sp³-hybridized carbons (Fsp3) is 0.450. The molecule has 0 unspecified atom stereocenters. The maximum atomic E-state index is 13.0. The van der Waals surface area contributed by atoms with Gasteiger partial charge in [0.15, 0.2) is 0 Å². The van der Waals surface area contributed by atoms with Crippen LogP contribution in [0.15, 0.2) is 24.3 Å². The number of aryl methyl sites for hydroxylation is 2. The van der Waals surface area contributed by atoms with Crippen molar-refractivity contribution in [2.24, 2.45) is 0 Å². The molecule has 2 aromatic rings. The van der Waals surface area contributed by atoms with Gasteiger partial charge in [-0.1, -0.05) is 12.1 Å². The molecule has 0 radical (unpaired) electrons. The molecular weight excluding hydrogens is 344 g/mol. The SMILES string of the molecule is Cc1n[nH]c(C)c1-c1cccc(C(=O)N2CCC3(CC2)CN(C)C(=O)O3)c1. The molecule has 27 heavy (non-hydrogen) atoms. The van der Waals surface area contributed by atoms with Gasteiger partial charge < -0.3 is 14.5 Å². The third-order valence-corrected chi connectivity index (χ3v) is 5.63. The molecule has 1 spiro atoms. The minimum atomic E-state index is -0.435. The highest BCUT2D eigenvalue weighted by Crippen LogP contribution is 2.33. The van der Waals surface area contributed by atoms with E-state index in [0.29, 0.717) is 38.0 Å². The monoisotopic (exact) mass is 368 g/mol. The van der Waals surface area contributed by atoms with Crippen LogP contribution in [0.4, 0.5) is 4.79 Å². The van der Waals surface area contributed by atoms with E-state index >= 15 is 0 Å². The number of nitrogens with one attached hydrogen (secondary N) is 1. The Morgan fingerprint density at radius 1 is 1.26 bits per heavy atom. The number of likely N-dealkylation sites (N-methyl/N-ethyl adjacent to an activating group) is 1. The van der Waals surface area contributed by atoms with Gasteiger partial charge in [0, 0.05) is 49.8 Å². The number of nitrogens with zero attached hydrogens (tertiary/aromatic N) is 3. The van der Waals surface area contributed by atoms with E-state index in [1.807, 2.05) is 43.0 Å². The summed E-state index contributed by atoms with van der Waals surface area (Å²) in [5.74, 6) is 0.0168. The molecule has 2 aliphatic heterocycles. The molecule has 0 aliphatic carbocycles. The average molecular weight is 368 g/mol. The van der Waals surface area contributed by atoms with Gasteiger partial charge in [0.1, 0.15) is 5.60 Å². The van der Waals surface area contributed by atoms with Gasteiger partial charge in [0.05, 0.1) is 12.2 Å². The van der Waals surface area contributed by atoms with Crippen LogP contribution in [0.25, 0.3) is 11.1 Å². The Balaban J connectivity index is 1.50. The van der Waals surface area contributed by atoms with Crippen molar-refractivity contribution in [2.75, 3.05) is 26.7 Å². The molecule has 7 nitrogen and oxygen atoms in total. The predicted octanol–water partition coefficient (Wildman–Crippen LogP) is 2.75. The standard InChI is InChI=1S/C20H24N4O3/c1-13-17(14(2)22-21-13)15-5-4-6-16(11-15)18(25)24-9-7-20(8-10-24)12-23(3)19(26)27-20/h4-6,11H,7-10,12H2,1-3H3,(H,21,22).